The van der Waals surface area contributed by atoms with Gasteiger partial charge >= 0.3 is 5.97 Å². The second-order valence-corrected chi connectivity index (χ2v) is 5.45. The summed E-state index contributed by atoms with van der Waals surface area (Å²) >= 11 is 5.88. The molecule has 4 nitrogen and oxygen atoms in total. The van der Waals surface area contributed by atoms with Crippen LogP contribution in [0.5, 0.6) is 0 Å². The number of aliphatic carboxylic acids is 1. The summed E-state index contributed by atoms with van der Waals surface area (Å²) in [4.78, 5) is 23.1. The monoisotopic (exact) mass is 283 g/mol. The normalized spacial score (nSPS) is 12.3. The standard InChI is InChI=1S/C14H18ClNO3/c1-8(2)4-12(14(18)19)16-13(17)10-5-9(3)6-11(15)7-10/h5-8,12H,4H2,1-3H3,(H,16,17)(H,18,19)/t12-/m0/s1. The molecule has 1 aromatic carbocycles. The van der Waals surface area contributed by atoms with Gasteiger partial charge in [0.15, 0.2) is 0 Å². The van der Waals surface area contributed by atoms with Gasteiger partial charge in [0.2, 0.25) is 0 Å². The maximum Gasteiger partial charge on any atom is 0.326 e. The third-order valence-electron chi connectivity index (χ3n) is 2.61. The summed E-state index contributed by atoms with van der Waals surface area (Å²) in [5.74, 6) is -1.26. The number of carbonyl (C=O) groups excluding carboxylic acids is 1. The van der Waals surface area contributed by atoms with Crippen LogP contribution in [0, 0.1) is 12.8 Å². The predicted octanol–water partition coefficient (Wildman–Crippen LogP) is 2.88. The number of hydrogen-bond acceptors (Lipinski definition) is 2. The molecule has 2 N–H and O–H groups in total. The number of amides is 1. The van der Waals surface area contributed by atoms with E-state index in [0.29, 0.717) is 17.0 Å². The quantitative estimate of drug-likeness (QED) is 0.873. The van der Waals surface area contributed by atoms with E-state index in [1.54, 1.807) is 12.1 Å². The van der Waals surface area contributed by atoms with Gasteiger partial charge in [-0.2, -0.15) is 0 Å². The van der Waals surface area contributed by atoms with Crippen molar-refractivity contribution in [1.29, 1.82) is 0 Å². The minimum atomic E-state index is -1.03. The number of carbonyl (C=O) groups is 2. The Morgan fingerprint density at radius 1 is 1.32 bits per heavy atom. The minimum Gasteiger partial charge on any atom is -0.480 e. The molecule has 5 heteroatoms. The second kappa shape index (κ2) is 6.57. The summed E-state index contributed by atoms with van der Waals surface area (Å²) in [6.45, 7) is 5.64. The van der Waals surface area contributed by atoms with Gasteiger partial charge in [0, 0.05) is 10.6 Å². The molecule has 0 fully saturated rings. The Balaban J connectivity index is 2.84. The zero-order valence-electron chi connectivity index (χ0n) is 11.2. The third-order valence-corrected chi connectivity index (χ3v) is 2.83. The number of halogens is 1. The summed E-state index contributed by atoms with van der Waals surface area (Å²) in [6.07, 6.45) is 0.390. The summed E-state index contributed by atoms with van der Waals surface area (Å²) in [5.41, 5.74) is 1.23. The lowest BCUT2D eigenvalue weighted by Crippen LogP contribution is -2.41. The fourth-order valence-electron chi connectivity index (χ4n) is 1.80. The van der Waals surface area contributed by atoms with Crippen LogP contribution in [0.1, 0.15) is 36.2 Å². The number of rotatable bonds is 5. The van der Waals surface area contributed by atoms with Gasteiger partial charge in [-0.3, -0.25) is 4.79 Å². The first-order chi connectivity index (χ1) is 8.79. The van der Waals surface area contributed by atoms with Crippen molar-refractivity contribution in [3.63, 3.8) is 0 Å². The van der Waals surface area contributed by atoms with E-state index < -0.39 is 17.9 Å². The van der Waals surface area contributed by atoms with Gasteiger partial charge in [-0.05, 0) is 43.0 Å². The lowest BCUT2D eigenvalue weighted by molar-refractivity contribution is -0.139. The average Bonchev–Trinajstić information content (AvgIpc) is 2.25. The van der Waals surface area contributed by atoms with Gasteiger partial charge in [0.05, 0.1) is 0 Å². The molecule has 0 spiro atoms. The van der Waals surface area contributed by atoms with Crippen molar-refractivity contribution >= 4 is 23.5 Å². The van der Waals surface area contributed by atoms with Gasteiger partial charge in [-0.1, -0.05) is 25.4 Å². The van der Waals surface area contributed by atoms with Crippen LogP contribution in [0.15, 0.2) is 18.2 Å². The van der Waals surface area contributed by atoms with Gasteiger partial charge in [-0.25, -0.2) is 4.79 Å². The third kappa shape index (κ3) is 4.91. The minimum absolute atomic E-state index is 0.183. The highest BCUT2D eigenvalue weighted by Gasteiger charge is 2.21. The van der Waals surface area contributed by atoms with Gasteiger partial charge in [0.25, 0.3) is 5.91 Å². The topological polar surface area (TPSA) is 66.4 Å². The van der Waals surface area contributed by atoms with E-state index in [-0.39, 0.29) is 5.92 Å². The first-order valence-electron chi connectivity index (χ1n) is 6.10. The Morgan fingerprint density at radius 3 is 2.42 bits per heavy atom. The molecule has 0 aliphatic heterocycles. The predicted molar refractivity (Wildman–Crippen MR) is 74.5 cm³/mol. The second-order valence-electron chi connectivity index (χ2n) is 5.01. The van der Waals surface area contributed by atoms with E-state index in [0.717, 1.165) is 5.56 Å². The van der Waals surface area contributed by atoms with E-state index in [4.69, 9.17) is 16.7 Å². The molecular formula is C14H18ClNO3. The summed E-state index contributed by atoms with van der Waals surface area (Å²) < 4.78 is 0. The lowest BCUT2D eigenvalue weighted by atomic mass is 10.0. The molecule has 1 rings (SSSR count). The number of nitrogens with one attached hydrogen (secondary N) is 1. The van der Waals surface area contributed by atoms with Crippen LogP contribution in [0.25, 0.3) is 0 Å². The van der Waals surface area contributed by atoms with Gasteiger partial charge in [0.1, 0.15) is 6.04 Å². The molecule has 1 aromatic rings. The molecule has 0 radical (unpaired) electrons. The lowest BCUT2D eigenvalue weighted by Gasteiger charge is -2.16. The first kappa shape index (κ1) is 15.5. The highest BCUT2D eigenvalue weighted by Crippen LogP contribution is 2.15. The Kier molecular flexibility index (Phi) is 5.36. The Hall–Kier alpha value is -1.55. The van der Waals surface area contributed by atoms with Crippen molar-refractivity contribution in [2.45, 2.75) is 33.2 Å². The molecule has 0 saturated heterocycles. The summed E-state index contributed by atoms with van der Waals surface area (Å²) in [5, 5.41) is 12.1. The molecule has 19 heavy (non-hydrogen) atoms. The highest BCUT2D eigenvalue weighted by atomic mass is 35.5. The number of carboxylic acids is 1. The SMILES string of the molecule is Cc1cc(Cl)cc(C(=O)N[C@@H](CC(C)C)C(=O)O)c1. The average molecular weight is 284 g/mol. The van der Waals surface area contributed by atoms with Crippen LogP contribution in [-0.4, -0.2) is 23.0 Å². The van der Waals surface area contributed by atoms with E-state index in [9.17, 15) is 9.59 Å². The number of hydrogen-bond donors (Lipinski definition) is 2. The Labute approximate surface area is 117 Å². The molecule has 0 bridgehead atoms. The molecule has 0 unspecified atom stereocenters. The van der Waals surface area contributed by atoms with Crippen molar-refractivity contribution in [1.82, 2.24) is 5.32 Å². The maximum absolute atomic E-state index is 12.0. The van der Waals surface area contributed by atoms with Crippen LogP contribution in [0.4, 0.5) is 0 Å². The van der Waals surface area contributed by atoms with E-state index in [1.165, 1.54) is 6.07 Å². The van der Waals surface area contributed by atoms with Crippen LogP contribution in [0.2, 0.25) is 5.02 Å². The molecule has 0 aliphatic carbocycles. The number of carboxylic acid groups (broad SMARTS) is 1. The van der Waals surface area contributed by atoms with Crippen LogP contribution < -0.4 is 5.32 Å². The van der Waals surface area contributed by atoms with Crippen molar-refractivity contribution < 1.29 is 14.7 Å². The van der Waals surface area contributed by atoms with E-state index in [1.807, 2.05) is 20.8 Å². The van der Waals surface area contributed by atoms with Crippen molar-refractivity contribution in [2.24, 2.45) is 5.92 Å². The molecule has 104 valence electrons. The first-order valence-corrected chi connectivity index (χ1v) is 6.48. The molecular weight excluding hydrogens is 266 g/mol. The zero-order valence-corrected chi connectivity index (χ0v) is 12.0. The zero-order chi connectivity index (χ0) is 14.6. The molecule has 0 aliphatic rings. The molecule has 1 amide bonds. The summed E-state index contributed by atoms with van der Waals surface area (Å²) in [6, 6.07) is 4.06. The van der Waals surface area contributed by atoms with Crippen molar-refractivity contribution in [3.8, 4) is 0 Å². The number of benzene rings is 1. The molecule has 1 atom stereocenters. The molecule has 0 aromatic heterocycles. The fourth-order valence-corrected chi connectivity index (χ4v) is 2.09. The molecule has 0 heterocycles. The van der Waals surface area contributed by atoms with Crippen molar-refractivity contribution in [2.75, 3.05) is 0 Å². The maximum atomic E-state index is 12.0. The molecule has 0 saturated carbocycles. The van der Waals surface area contributed by atoms with Crippen LogP contribution in [-0.2, 0) is 4.79 Å². The van der Waals surface area contributed by atoms with E-state index in [2.05, 4.69) is 5.32 Å². The van der Waals surface area contributed by atoms with E-state index >= 15 is 0 Å². The van der Waals surface area contributed by atoms with Gasteiger partial charge in [-0.15, -0.1) is 0 Å². The highest BCUT2D eigenvalue weighted by molar-refractivity contribution is 6.31. The Bertz CT molecular complexity index is 465. The van der Waals surface area contributed by atoms with Crippen LogP contribution in [0.3, 0.4) is 0 Å². The Morgan fingerprint density at radius 2 is 1.95 bits per heavy atom. The summed E-state index contributed by atoms with van der Waals surface area (Å²) in [7, 11) is 0. The smallest absolute Gasteiger partial charge is 0.326 e. The van der Waals surface area contributed by atoms with Crippen LogP contribution >= 0.6 is 11.6 Å². The largest absolute Gasteiger partial charge is 0.480 e. The number of aryl methyl sites for hydroxylation is 1. The van der Waals surface area contributed by atoms with Crippen molar-refractivity contribution in [3.05, 3.63) is 34.3 Å². The van der Waals surface area contributed by atoms with Gasteiger partial charge < -0.3 is 10.4 Å². The fraction of sp³-hybridized carbons (Fsp3) is 0.429.